The van der Waals surface area contributed by atoms with E-state index >= 15 is 0 Å². The number of carbonyl (C=O) groups excluding carboxylic acids is 2. The summed E-state index contributed by atoms with van der Waals surface area (Å²) in [5, 5.41) is 4.88. The Balaban J connectivity index is 0.000000335. The summed E-state index contributed by atoms with van der Waals surface area (Å²) < 4.78 is 0. The van der Waals surface area contributed by atoms with Crippen molar-refractivity contribution >= 4 is 58.7 Å². The lowest BCUT2D eigenvalue weighted by atomic mass is 9.96. The molecule has 1 aromatic carbocycles. The smallest absolute Gasteiger partial charge is 0.278 e. The van der Waals surface area contributed by atoms with Gasteiger partial charge in [-0.15, -0.1) is 0 Å². The largest absolute Gasteiger partial charge is 0.334 e. The van der Waals surface area contributed by atoms with Crippen LogP contribution in [0.15, 0.2) is 24.3 Å². The second-order valence-corrected chi connectivity index (χ2v) is 9.80. The Bertz CT molecular complexity index is 677. The van der Waals surface area contributed by atoms with E-state index in [1.807, 2.05) is 0 Å². The van der Waals surface area contributed by atoms with Crippen molar-refractivity contribution in [3.63, 3.8) is 0 Å². The molecule has 1 aromatic rings. The first-order valence-electron chi connectivity index (χ1n) is 10.3. The molecule has 5 nitrogen and oxygen atoms in total. The van der Waals surface area contributed by atoms with Gasteiger partial charge >= 0.3 is 0 Å². The number of halogens is 2. The van der Waals surface area contributed by atoms with E-state index in [4.69, 9.17) is 23.2 Å². The number of hydrogen-bond donors (Lipinski definition) is 2. The molecule has 1 unspecified atom stereocenters. The zero-order valence-electron chi connectivity index (χ0n) is 17.6. The summed E-state index contributed by atoms with van der Waals surface area (Å²) in [6.07, 6.45) is 6.64. The zero-order valence-corrected chi connectivity index (χ0v) is 20.8. The number of benzene rings is 1. The molecule has 1 spiro atoms. The first-order valence-corrected chi connectivity index (χ1v) is 12.9. The minimum atomic E-state index is -0.255. The number of carbonyl (C=O) groups is 2. The molecule has 2 saturated heterocycles. The molecule has 168 valence electrons. The standard InChI is InChI=1S/C15H27N3O2S2.C6H4Cl2/c1-3-4-8-18-13(19)12(5-11-22-2)16-15(18)6-9-17(10-7-15)14(20)21;7-5-1-2-6(8)4-3-5/h12,16H,3-11H2,1-2H3,(H,20,21);1-4H. The molecular weight excluding hydrogens is 461 g/mol. The predicted octanol–water partition coefficient (Wildman–Crippen LogP) is 5.18. The van der Waals surface area contributed by atoms with Crippen LogP contribution >= 0.6 is 47.6 Å². The molecule has 2 fully saturated rings. The molecule has 2 heterocycles. The lowest BCUT2D eigenvalue weighted by Crippen LogP contribution is -2.59. The van der Waals surface area contributed by atoms with Gasteiger partial charge in [0.15, 0.2) is 0 Å². The fourth-order valence-corrected chi connectivity index (χ4v) is 4.77. The molecule has 0 aromatic heterocycles. The number of thioether (sulfide) groups is 1. The number of nitrogens with zero attached hydrogens (tertiary/aromatic N) is 2. The number of hydrogen-bond acceptors (Lipinski definition) is 4. The van der Waals surface area contributed by atoms with Gasteiger partial charge < -0.3 is 9.80 Å². The van der Waals surface area contributed by atoms with Gasteiger partial charge in [-0.05, 0) is 49.1 Å². The minimum Gasteiger partial charge on any atom is -0.334 e. The highest BCUT2D eigenvalue weighted by Gasteiger charge is 2.50. The number of amides is 2. The van der Waals surface area contributed by atoms with E-state index in [1.54, 1.807) is 40.9 Å². The van der Waals surface area contributed by atoms with Crippen molar-refractivity contribution in [3.8, 4) is 0 Å². The van der Waals surface area contributed by atoms with Gasteiger partial charge in [0.05, 0.1) is 11.7 Å². The molecule has 9 heteroatoms. The summed E-state index contributed by atoms with van der Waals surface area (Å²) in [6, 6.07) is 6.95. The van der Waals surface area contributed by atoms with E-state index in [9.17, 15) is 9.59 Å². The third-order valence-electron chi connectivity index (χ3n) is 5.53. The van der Waals surface area contributed by atoms with Gasteiger partial charge in [0.25, 0.3) is 5.24 Å². The maximum Gasteiger partial charge on any atom is 0.278 e. The van der Waals surface area contributed by atoms with Crippen molar-refractivity contribution in [3.05, 3.63) is 34.3 Å². The van der Waals surface area contributed by atoms with Gasteiger partial charge in [0.1, 0.15) is 0 Å². The summed E-state index contributed by atoms with van der Waals surface area (Å²) >= 11 is 16.8. The Morgan fingerprint density at radius 3 is 2.27 bits per heavy atom. The molecule has 2 aliphatic heterocycles. The van der Waals surface area contributed by atoms with Crippen molar-refractivity contribution in [1.29, 1.82) is 0 Å². The van der Waals surface area contributed by atoms with E-state index in [0.29, 0.717) is 13.1 Å². The van der Waals surface area contributed by atoms with Crippen LogP contribution in [0.1, 0.15) is 39.0 Å². The molecule has 1 N–H and O–H groups in total. The topological polar surface area (TPSA) is 52.7 Å². The Morgan fingerprint density at radius 2 is 1.80 bits per heavy atom. The Labute approximate surface area is 199 Å². The van der Waals surface area contributed by atoms with E-state index < -0.39 is 0 Å². The van der Waals surface area contributed by atoms with Crippen molar-refractivity contribution in [2.24, 2.45) is 0 Å². The normalized spacial score (nSPS) is 20.3. The minimum absolute atomic E-state index is 0.0671. The molecule has 30 heavy (non-hydrogen) atoms. The Hall–Kier alpha value is -0.600. The Morgan fingerprint density at radius 1 is 1.23 bits per heavy atom. The quantitative estimate of drug-likeness (QED) is 0.538. The molecule has 0 saturated carbocycles. The monoisotopic (exact) mass is 491 g/mol. The molecule has 2 aliphatic rings. The van der Waals surface area contributed by atoms with Gasteiger partial charge in [-0.1, -0.05) is 49.2 Å². The van der Waals surface area contributed by atoms with Crippen LogP contribution in [0.25, 0.3) is 0 Å². The van der Waals surface area contributed by atoms with Crippen LogP contribution in [0, 0.1) is 0 Å². The average molecular weight is 493 g/mol. The highest BCUT2D eigenvalue weighted by atomic mass is 35.5. The summed E-state index contributed by atoms with van der Waals surface area (Å²) in [7, 11) is 0. The summed E-state index contributed by atoms with van der Waals surface area (Å²) in [5.41, 5.74) is -0.255. The number of unbranched alkanes of at least 4 members (excludes halogenated alkanes) is 1. The lowest BCUT2D eigenvalue weighted by Gasteiger charge is -2.44. The third kappa shape index (κ3) is 6.95. The van der Waals surface area contributed by atoms with Gasteiger partial charge in [-0.3, -0.25) is 14.9 Å². The van der Waals surface area contributed by atoms with Crippen LogP contribution in [0.3, 0.4) is 0 Å². The molecule has 0 aliphatic carbocycles. The van der Waals surface area contributed by atoms with Crippen molar-refractivity contribution < 1.29 is 9.59 Å². The van der Waals surface area contributed by atoms with E-state index in [1.165, 1.54) is 0 Å². The number of likely N-dealkylation sites (tertiary alicyclic amines) is 1. The highest BCUT2D eigenvalue weighted by molar-refractivity contribution is 7.98. The van der Waals surface area contributed by atoms with Gasteiger partial charge in [0, 0.05) is 42.5 Å². The molecular formula is C21H31Cl2N3O2S2. The van der Waals surface area contributed by atoms with Gasteiger partial charge in [0.2, 0.25) is 5.91 Å². The van der Waals surface area contributed by atoms with E-state index in [0.717, 1.165) is 54.4 Å². The van der Waals surface area contributed by atoms with Crippen molar-refractivity contribution in [2.75, 3.05) is 31.6 Å². The van der Waals surface area contributed by atoms with Crippen LogP contribution < -0.4 is 5.32 Å². The molecule has 3 rings (SSSR count). The average Bonchev–Trinajstić information content (AvgIpc) is 2.98. The number of piperidine rings is 1. The highest BCUT2D eigenvalue weighted by Crippen LogP contribution is 2.34. The van der Waals surface area contributed by atoms with E-state index in [2.05, 4.69) is 36.0 Å². The zero-order chi connectivity index (χ0) is 22.1. The van der Waals surface area contributed by atoms with Gasteiger partial charge in [-0.25, -0.2) is 0 Å². The number of thiol groups is 1. The Kier molecular flexibility index (Phi) is 10.6. The van der Waals surface area contributed by atoms with Crippen LogP contribution in [-0.4, -0.2) is 64.3 Å². The van der Waals surface area contributed by atoms with E-state index in [-0.39, 0.29) is 22.9 Å². The molecule has 0 radical (unpaired) electrons. The molecule has 1 atom stereocenters. The first kappa shape index (κ1) is 25.7. The second-order valence-electron chi connectivity index (χ2n) is 7.56. The van der Waals surface area contributed by atoms with Crippen LogP contribution in [-0.2, 0) is 4.79 Å². The SMILES string of the molecule is CCCCN1C(=O)C(CCSC)NC12CCN(C(=O)S)CC2.Clc1ccc(Cl)cc1. The van der Waals surface area contributed by atoms with Crippen molar-refractivity contribution in [1.82, 2.24) is 15.1 Å². The molecule has 0 bridgehead atoms. The maximum atomic E-state index is 12.8. The summed E-state index contributed by atoms with van der Waals surface area (Å²) in [5.74, 6) is 1.23. The fraction of sp³-hybridized carbons (Fsp3) is 0.619. The van der Waals surface area contributed by atoms with Gasteiger partial charge in [-0.2, -0.15) is 11.8 Å². The van der Waals surface area contributed by atoms with Crippen molar-refractivity contribution in [2.45, 2.75) is 50.7 Å². The summed E-state index contributed by atoms with van der Waals surface area (Å²) in [4.78, 5) is 28.0. The second kappa shape index (κ2) is 12.4. The first-order chi connectivity index (χ1) is 14.3. The number of nitrogens with one attached hydrogen (secondary N) is 1. The maximum absolute atomic E-state index is 12.8. The van der Waals surface area contributed by atoms with Crippen LogP contribution in [0.5, 0.6) is 0 Å². The fourth-order valence-electron chi connectivity index (χ4n) is 3.85. The summed E-state index contributed by atoms with van der Waals surface area (Å²) in [6.45, 7) is 4.29. The molecule has 2 amide bonds. The third-order valence-corrected chi connectivity index (χ3v) is 6.97. The number of rotatable bonds is 6. The van der Waals surface area contributed by atoms with Crippen LogP contribution in [0.2, 0.25) is 10.0 Å². The lowest BCUT2D eigenvalue weighted by molar-refractivity contribution is -0.133. The predicted molar refractivity (Wildman–Crippen MR) is 131 cm³/mol. The van der Waals surface area contributed by atoms with Crippen LogP contribution in [0.4, 0.5) is 4.79 Å².